The lowest BCUT2D eigenvalue weighted by Gasteiger charge is -2.23. The number of hydrogen-bond donors (Lipinski definition) is 0. The molecule has 1 heterocycles. The van der Waals surface area contributed by atoms with E-state index in [1.807, 2.05) is 30.3 Å². The number of benzene rings is 1. The van der Waals surface area contributed by atoms with E-state index in [0.717, 1.165) is 37.7 Å². The van der Waals surface area contributed by atoms with E-state index < -0.39 is 0 Å². The summed E-state index contributed by atoms with van der Waals surface area (Å²) >= 11 is 0. The lowest BCUT2D eigenvalue weighted by Crippen LogP contribution is -2.37. The Morgan fingerprint density at radius 3 is 2.74 bits per heavy atom. The third-order valence-electron chi connectivity index (χ3n) is 4.34. The average Bonchev–Trinajstić information content (AvgIpc) is 3.02. The first-order valence-electron chi connectivity index (χ1n) is 8.69. The molecule has 4 heteroatoms. The van der Waals surface area contributed by atoms with Crippen molar-refractivity contribution in [3.05, 3.63) is 35.9 Å². The minimum atomic E-state index is -0.294. The highest BCUT2D eigenvalue weighted by Crippen LogP contribution is 2.22. The molecule has 1 amide bonds. The largest absolute Gasteiger partial charge is 0.445 e. The number of carbonyl (C=O) groups is 2. The SMILES string of the molecule is CCCCCC(=O)C[C@@H]1CCCN1C(=O)OCc1ccccc1. The zero-order valence-corrected chi connectivity index (χ0v) is 14.0. The normalized spacial score (nSPS) is 17.3. The van der Waals surface area contributed by atoms with E-state index in [1.54, 1.807) is 4.90 Å². The van der Waals surface area contributed by atoms with Crippen LogP contribution in [0.2, 0.25) is 0 Å². The van der Waals surface area contributed by atoms with Gasteiger partial charge >= 0.3 is 6.09 Å². The van der Waals surface area contributed by atoms with Crippen LogP contribution in [0.15, 0.2) is 30.3 Å². The van der Waals surface area contributed by atoms with E-state index in [4.69, 9.17) is 4.74 Å². The van der Waals surface area contributed by atoms with Crippen molar-refractivity contribution in [2.45, 2.75) is 64.5 Å². The fourth-order valence-corrected chi connectivity index (χ4v) is 3.03. The highest BCUT2D eigenvalue weighted by Gasteiger charge is 2.31. The van der Waals surface area contributed by atoms with Crippen molar-refractivity contribution >= 4 is 11.9 Å². The monoisotopic (exact) mass is 317 g/mol. The minimum absolute atomic E-state index is 0.0207. The van der Waals surface area contributed by atoms with Crippen LogP contribution < -0.4 is 0 Å². The Kier molecular flexibility index (Phi) is 7.11. The van der Waals surface area contributed by atoms with Crippen molar-refractivity contribution in [2.75, 3.05) is 6.54 Å². The molecule has 0 bridgehead atoms. The van der Waals surface area contributed by atoms with Gasteiger partial charge in [0.15, 0.2) is 0 Å². The summed E-state index contributed by atoms with van der Waals surface area (Å²) in [5.41, 5.74) is 0.979. The molecular weight excluding hydrogens is 290 g/mol. The van der Waals surface area contributed by atoms with E-state index in [2.05, 4.69) is 6.92 Å². The van der Waals surface area contributed by atoms with Gasteiger partial charge in [-0.3, -0.25) is 4.79 Å². The van der Waals surface area contributed by atoms with E-state index >= 15 is 0 Å². The van der Waals surface area contributed by atoms with Crippen LogP contribution in [0.3, 0.4) is 0 Å². The predicted octanol–water partition coefficient (Wildman–Crippen LogP) is 4.33. The van der Waals surface area contributed by atoms with Crippen LogP contribution in [0.5, 0.6) is 0 Å². The van der Waals surface area contributed by atoms with E-state index in [-0.39, 0.29) is 24.5 Å². The van der Waals surface area contributed by atoms with Crippen molar-refractivity contribution < 1.29 is 14.3 Å². The highest BCUT2D eigenvalue weighted by atomic mass is 16.6. The number of ketones is 1. The number of Topliss-reactive ketones (excluding diaryl/α,β-unsaturated/α-hetero) is 1. The van der Waals surface area contributed by atoms with Crippen LogP contribution in [0.4, 0.5) is 4.79 Å². The number of carbonyl (C=O) groups excluding carboxylic acids is 2. The number of amides is 1. The van der Waals surface area contributed by atoms with Gasteiger partial charge in [-0.15, -0.1) is 0 Å². The third kappa shape index (κ3) is 5.70. The summed E-state index contributed by atoms with van der Waals surface area (Å²) in [6.07, 6.45) is 5.85. The standard InChI is InChI=1S/C19H27NO3/c1-2-3-5-12-18(21)14-17-11-8-13-20(17)19(22)23-15-16-9-6-4-7-10-16/h4,6-7,9-10,17H,2-3,5,8,11-15H2,1H3/t17-/m0/s1. The van der Waals surface area contributed by atoms with Gasteiger partial charge in [0.2, 0.25) is 0 Å². The van der Waals surface area contributed by atoms with E-state index in [9.17, 15) is 9.59 Å². The summed E-state index contributed by atoms with van der Waals surface area (Å²) in [6.45, 7) is 3.11. The first kappa shape index (κ1) is 17.5. The molecule has 0 radical (unpaired) electrons. The summed E-state index contributed by atoms with van der Waals surface area (Å²) in [7, 11) is 0. The van der Waals surface area contributed by atoms with Gasteiger partial charge in [-0.25, -0.2) is 4.79 Å². The van der Waals surface area contributed by atoms with Gasteiger partial charge in [0.25, 0.3) is 0 Å². The number of ether oxygens (including phenoxy) is 1. The molecule has 1 fully saturated rings. The van der Waals surface area contributed by atoms with Crippen LogP contribution in [0.1, 0.15) is 57.4 Å². The quantitative estimate of drug-likeness (QED) is 0.671. The second kappa shape index (κ2) is 9.33. The molecule has 4 nitrogen and oxygen atoms in total. The Bertz CT molecular complexity index is 501. The maximum atomic E-state index is 12.3. The zero-order chi connectivity index (χ0) is 16.5. The minimum Gasteiger partial charge on any atom is -0.445 e. The van der Waals surface area contributed by atoms with Gasteiger partial charge in [-0.2, -0.15) is 0 Å². The van der Waals surface area contributed by atoms with E-state index in [1.165, 1.54) is 0 Å². The van der Waals surface area contributed by atoms with Gasteiger partial charge in [0.05, 0.1) is 0 Å². The third-order valence-corrected chi connectivity index (χ3v) is 4.34. The van der Waals surface area contributed by atoms with Crippen LogP contribution in [-0.4, -0.2) is 29.4 Å². The Balaban J connectivity index is 1.78. The topological polar surface area (TPSA) is 46.6 Å². The molecule has 126 valence electrons. The van der Waals surface area contributed by atoms with Crippen molar-refractivity contribution in [1.82, 2.24) is 4.90 Å². The van der Waals surface area contributed by atoms with Crippen molar-refractivity contribution in [2.24, 2.45) is 0 Å². The molecule has 0 aliphatic carbocycles. The summed E-state index contributed by atoms with van der Waals surface area (Å²) in [4.78, 5) is 26.0. The summed E-state index contributed by atoms with van der Waals surface area (Å²) < 4.78 is 5.40. The molecule has 1 aromatic carbocycles. The number of unbranched alkanes of at least 4 members (excludes halogenated alkanes) is 2. The summed E-state index contributed by atoms with van der Waals surface area (Å²) in [5.74, 6) is 0.270. The molecule has 1 aliphatic heterocycles. The number of rotatable bonds is 8. The number of likely N-dealkylation sites (tertiary alicyclic amines) is 1. The molecule has 1 atom stereocenters. The van der Waals surface area contributed by atoms with Crippen LogP contribution >= 0.6 is 0 Å². The lowest BCUT2D eigenvalue weighted by molar-refractivity contribution is -0.120. The zero-order valence-electron chi connectivity index (χ0n) is 14.0. The second-order valence-electron chi connectivity index (χ2n) is 6.23. The molecule has 0 saturated carbocycles. The molecule has 23 heavy (non-hydrogen) atoms. The molecule has 0 N–H and O–H groups in total. The fourth-order valence-electron chi connectivity index (χ4n) is 3.03. The summed E-state index contributed by atoms with van der Waals surface area (Å²) in [6, 6.07) is 9.68. The van der Waals surface area contributed by atoms with Crippen molar-refractivity contribution in [3.63, 3.8) is 0 Å². The Morgan fingerprint density at radius 1 is 1.22 bits per heavy atom. The highest BCUT2D eigenvalue weighted by molar-refractivity contribution is 5.80. The Morgan fingerprint density at radius 2 is 2.00 bits per heavy atom. The Hall–Kier alpha value is -1.84. The van der Waals surface area contributed by atoms with Crippen LogP contribution in [0.25, 0.3) is 0 Å². The van der Waals surface area contributed by atoms with Gasteiger partial charge in [-0.05, 0) is 24.8 Å². The molecule has 0 unspecified atom stereocenters. The molecule has 0 spiro atoms. The first-order valence-corrected chi connectivity index (χ1v) is 8.69. The Labute approximate surface area is 138 Å². The molecule has 0 aromatic heterocycles. The number of hydrogen-bond acceptors (Lipinski definition) is 3. The maximum absolute atomic E-state index is 12.3. The number of nitrogens with zero attached hydrogens (tertiary/aromatic N) is 1. The molecular formula is C19H27NO3. The second-order valence-corrected chi connectivity index (χ2v) is 6.23. The lowest BCUT2D eigenvalue weighted by atomic mass is 10.0. The van der Waals surface area contributed by atoms with Crippen molar-refractivity contribution in [3.8, 4) is 0 Å². The van der Waals surface area contributed by atoms with Crippen molar-refractivity contribution in [1.29, 1.82) is 0 Å². The molecule has 2 rings (SSSR count). The van der Waals surface area contributed by atoms with Gasteiger partial charge in [-0.1, -0.05) is 50.1 Å². The van der Waals surface area contributed by atoms with Gasteiger partial charge < -0.3 is 9.64 Å². The first-order chi connectivity index (χ1) is 11.2. The molecule has 1 saturated heterocycles. The predicted molar refractivity (Wildman–Crippen MR) is 90.1 cm³/mol. The van der Waals surface area contributed by atoms with Crippen LogP contribution in [-0.2, 0) is 16.1 Å². The fraction of sp³-hybridized carbons (Fsp3) is 0.579. The smallest absolute Gasteiger partial charge is 0.410 e. The van der Waals surface area contributed by atoms with Crippen LogP contribution in [0, 0.1) is 0 Å². The average molecular weight is 317 g/mol. The summed E-state index contributed by atoms with van der Waals surface area (Å²) in [5, 5.41) is 0. The molecule has 1 aliphatic rings. The molecule has 1 aromatic rings. The van der Waals surface area contributed by atoms with E-state index in [0.29, 0.717) is 19.4 Å². The van der Waals surface area contributed by atoms with Gasteiger partial charge in [0.1, 0.15) is 12.4 Å². The maximum Gasteiger partial charge on any atom is 0.410 e. The van der Waals surface area contributed by atoms with Gasteiger partial charge in [0, 0.05) is 25.4 Å².